The third-order valence-corrected chi connectivity index (χ3v) is 3.96. The number of halogens is 1. The van der Waals surface area contributed by atoms with Crippen molar-refractivity contribution in [2.24, 2.45) is 0 Å². The number of hydrogen-bond acceptors (Lipinski definition) is 6. The molecule has 0 aliphatic carbocycles. The van der Waals surface area contributed by atoms with Crippen molar-refractivity contribution in [3.63, 3.8) is 0 Å². The lowest BCUT2D eigenvalue weighted by molar-refractivity contribution is 0.167. The van der Waals surface area contributed by atoms with Crippen LogP contribution in [0.3, 0.4) is 0 Å². The summed E-state index contributed by atoms with van der Waals surface area (Å²) in [6.07, 6.45) is 2.37. The predicted molar refractivity (Wildman–Crippen MR) is 82.4 cm³/mol. The van der Waals surface area contributed by atoms with Crippen LogP contribution in [0.1, 0.15) is 24.6 Å². The van der Waals surface area contributed by atoms with Crippen LogP contribution in [0, 0.1) is 5.82 Å². The van der Waals surface area contributed by atoms with Crippen LogP contribution in [0.5, 0.6) is 5.75 Å². The molecule has 0 radical (unpaired) electrons. The molecule has 1 saturated heterocycles. The maximum absolute atomic E-state index is 12.8. The van der Waals surface area contributed by atoms with E-state index in [-0.39, 0.29) is 12.4 Å². The molecule has 7 heteroatoms. The quantitative estimate of drug-likeness (QED) is 0.878. The van der Waals surface area contributed by atoms with Gasteiger partial charge in [0, 0.05) is 12.6 Å². The van der Waals surface area contributed by atoms with Crippen LogP contribution in [0.2, 0.25) is 0 Å². The second-order valence-electron chi connectivity index (χ2n) is 5.71. The van der Waals surface area contributed by atoms with Crippen molar-refractivity contribution in [1.29, 1.82) is 0 Å². The summed E-state index contributed by atoms with van der Waals surface area (Å²) >= 11 is 0. The molecule has 0 saturated carbocycles. The molecule has 1 unspecified atom stereocenters. The molecule has 1 aliphatic rings. The van der Waals surface area contributed by atoms with E-state index in [2.05, 4.69) is 20.4 Å². The molecule has 2 heterocycles. The standard InChI is InChI=1S/C16H21FN4O2/c1-18-13-3-2-8-21(9-13)10-16-19-15(20-23-16)11-22-14-6-4-12(17)5-7-14/h4-7,13,18H,2-3,8-11H2,1H3. The van der Waals surface area contributed by atoms with Gasteiger partial charge in [-0.25, -0.2) is 4.39 Å². The zero-order valence-corrected chi connectivity index (χ0v) is 13.2. The third-order valence-electron chi connectivity index (χ3n) is 3.96. The molecule has 1 aliphatic heterocycles. The maximum atomic E-state index is 12.8. The fraction of sp³-hybridized carbons (Fsp3) is 0.500. The monoisotopic (exact) mass is 320 g/mol. The van der Waals surface area contributed by atoms with Crippen molar-refractivity contribution in [2.75, 3.05) is 20.1 Å². The summed E-state index contributed by atoms with van der Waals surface area (Å²) in [5.41, 5.74) is 0. The number of nitrogens with one attached hydrogen (secondary N) is 1. The first kappa shape index (κ1) is 15.9. The summed E-state index contributed by atoms with van der Waals surface area (Å²) in [6.45, 7) is 2.89. The molecule has 1 fully saturated rings. The van der Waals surface area contributed by atoms with Crippen molar-refractivity contribution < 1.29 is 13.7 Å². The van der Waals surface area contributed by atoms with Crippen LogP contribution in [-0.2, 0) is 13.2 Å². The van der Waals surface area contributed by atoms with E-state index in [1.165, 1.54) is 25.0 Å². The van der Waals surface area contributed by atoms with Gasteiger partial charge in [-0.05, 0) is 50.7 Å². The number of likely N-dealkylation sites (tertiary alicyclic amines) is 1. The molecular formula is C16H21FN4O2. The molecule has 0 spiro atoms. The van der Waals surface area contributed by atoms with Gasteiger partial charge < -0.3 is 14.6 Å². The molecule has 23 heavy (non-hydrogen) atoms. The van der Waals surface area contributed by atoms with E-state index in [0.717, 1.165) is 13.1 Å². The van der Waals surface area contributed by atoms with Crippen molar-refractivity contribution >= 4 is 0 Å². The average molecular weight is 320 g/mol. The van der Waals surface area contributed by atoms with Crippen LogP contribution >= 0.6 is 0 Å². The lowest BCUT2D eigenvalue weighted by Crippen LogP contribution is -2.43. The summed E-state index contributed by atoms with van der Waals surface area (Å²) in [5.74, 6) is 1.37. The topological polar surface area (TPSA) is 63.4 Å². The fourth-order valence-corrected chi connectivity index (χ4v) is 2.72. The zero-order chi connectivity index (χ0) is 16.1. The first-order chi connectivity index (χ1) is 11.2. The third kappa shape index (κ3) is 4.49. The minimum Gasteiger partial charge on any atom is -0.485 e. The molecular weight excluding hydrogens is 299 g/mol. The number of benzene rings is 1. The molecule has 1 aromatic carbocycles. The predicted octanol–water partition coefficient (Wildman–Crippen LogP) is 1.97. The van der Waals surface area contributed by atoms with Gasteiger partial charge in [0.2, 0.25) is 11.7 Å². The molecule has 6 nitrogen and oxygen atoms in total. The lowest BCUT2D eigenvalue weighted by atomic mass is 10.1. The maximum Gasteiger partial charge on any atom is 0.240 e. The van der Waals surface area contributed by atoms with Gasteiger partial charge in [0.15, 0.2) is 6.61 Å². The molecule has 2 aromatic rings. The molecule has 1 atom stereocenters. The van der Waals surface area contributed by atoms with Gasteiger partial charge in [-0.1, -0.05) is 5.16 Å². The number of likely N-dealkylation sites (N-methyl/N-ethyl adjacent to an activating group) is 1. The highest BCUT2D eigenvalue weighted by Crippen LogP contribution is 2.14. The van der Waals surface area contributed by atoms with E-state index < -0.39 is 0 Å². The molecule has 0 amide bonds. The minimum atomic E-state index is -0.291. The van der Waals surface area contributed by atoms with Crippen LogP contribution in [-0.4, -0.2) is 41.2 Å². The van der Waals surface area contributed by atoms with Crippen LogP contribution in [0.4, 0.5) is 4.39 Å². The number of aromatic nitrogens is 2. The molecule has 1 N–H and O–H groups in total. The number of rotatable bonds is 6. The van der Waals surface area contributed by atoms with E-state index in [9.17, 15) is 4.39 Å². The van der Waals surface area contributed by atoms with Gasteiger partial charge in [-0.15, -0.1) is 0 Å². The fourth-order valence-electron chi connectivity index (χ4n) is 2.72. The number of hydrogen-bond donors (Lipinski definition) is 1. The second kappa shape index (κ2) is 7.52. The molecule has 3 rings (SSSR count). The smallest absolute Gasteiger partial charge is 0.240 e. The highest BCUT2D eigenvalue weighted by Gasteiger charge is 2.20. The summed E-state index contributed by atoms with van der Waals surface area (Å²) in [4.78, 5) is 6.66. The van der Waals surface area contributed by atoms with Crippen molar-refractivity contribution in [3.8, 4) is 5.75 Å². The summed E-state index contributed by atoms with van der Waals surface area (Å²) < 4.78 is 23.6. The van der Waals surface area contributed by atoms with Crippen LogP contribution in [0.25, 0.3) is 0 Å². The van der Waals surface area contributed by atoms with Gasteiger partial charge in [0.05, 0.1) is 6.54 Å². The number of piperidine rings is 1. The minimum absolute atomic E-state index is 0.203. The van der Waals surface area contributed by atoms with Gasteiger partial charge in [0.1, 0.15) is 11.6 Å². The second-order valence-corrected chi connectivity index (χ2v) is 5.71. The first-order valence-corrected chi connectivity index (χ1v) is 7.82. The first-order valence-electron chi connectivity index (χ1n) is 7.82. The summed E-state index contributed by atoms with van der Waals surface area (Å²) in [6, 6.07) is 6.37. The zero-order valence-electron chi connectivity index (χ0n) is 13.2. The van der Waals surface area contributed by atoms with Crippen molar-refractivity contribution in [3.05, 3.63) is 41.8 Å². The molecule has 124 valence electrons. The molecule has 0 bridgehead atoms. The Morgan fingerprint density at radius 2 is 2.22 bits per heavy atom. The van der Waals surface area contributed by atoms with E-state index in [0.29, 0.717) is 30.1 Å². The van der Waals surface area contributed by atoms with E-state index >= 15 is 0 Å². The Hall–Kier alpha value is -1.99. The van der Waals surface area contributed by atoms with E-state index in [1.807, 2.05) is 7.05 Å². The van der Waals surface area contributed by atoms with E-state index in [1.54, 1.807) is 12.1 Å². The highest BCUT2D eigenvalue weighted by atomic mass is 19.1. The Morgan fingerprint density at radius 3 is 3.00 bits per heavy atom. The average Bonchev–Trinajstić information content (AvgIpc) is 3.02. The van der Waals surface area contributed by atoms with Gasteiger partial charge in [0.25, 0.3) is 0 Å². The summed E-state index contributed by atoms with van der Waals surface area (Å²) in [5, 5.41) is 7.24. The molecule has 1 aromatic heterocycles. The van der Waals surface area contributed by atoms with Gasteiger partial charge >= 0.3 is 0 Å². The number of nitrogens with zero attached hydrogens (tertiary/aromatic N) is 3. The lowest BCUT2D eigenvalue weighted by Gasteiger charge is -2.31. The van der Waals surface area contributed by atoms with Crippen molar-refractivity contribution in [2.45, 2.75) is 32.0 Å². The number of ether oxygens (including phenoxy) is 1. The van der Waals surface area contributed by atoms with Gasteiger partial charge in [-0.3, -0.25) is 4.90 Å². The van der Waals surface area contributed by atoms with Crippen molar-refractivity contribution in [1.82, 2.24) is 20.4 Å². The normalized spacial score (nSPS) is 19.0. The Balaban J connectivity index is 1.50. The Labute approximate surface area is 134 Å². The Morgan fingerprint density at radius 1 is 1.39 bits per heavy atom. The largest absolute Gasteiger partial charge is 0.485 e. The summed E-state index contributed by atoms with van der Waals surface area (Å²) in [7, 11) is 1.99. The van der Waals surface area contributed by atoms with Crippen LogP contribution < -0.4 is 10.1 Å². The highest BCUT2D eigenvalue weighted by molar-refractivity contribution is 5.22. The van der Waals surface area contributed by atoms with E-state index in [4.69, 9.17) is 9.26 Å². The van der Waals surface area contributed by atoms with Crippen LogP contribution in [0.15, 0.2) is 28.8 Å². The van der Waals surface area contributed by atoms with Gasteiger partial charge in [-0.2, -0.15) is 4.98 Å². The Kier molecular flexibility index (Phi) is 5.19. The SMILES string of the molecule is CNC1CCCN(Cc2nc(COc3ccc(F)cc3)no2)C1. The Bertz CT molecular complexity index is 617.